The number of alkyl halides is 3. The third-order valence-corrected chi connectivity index (χ3v) is 6.28. The molecule has 1 aromatic rings. The summed E-state index contributed by atoms with van der Waals surface area (Å²) in [6.07, 6.45) is -1.86. The number of carbonyl (C=O) groups is 2. The molecule has 2 aliphatic rings. The summed E-state index contributed by atoms with van der Waals surface area (Å²) in [6, 6.07) is 4.36. The third kappa shape index (κ3) is 8.31. The SMILES string of the molecule is CC(C)OC(=O)CCCC1OC1C[C@H]1C(=O)C[C@@H](O)[C@@H]1/C=C/[C@@H](O)COc1cccc(C(F)(F)F)c1. The Morgan fingerprint density at radius 1 is 1.28 bits per heavy atom. The molecule has 1 saturated heterocycles. The Hall–Kier alpha value is -2.43. The van der Waals surface area contributed by atoms with Crippen LogP contribution in [-0.2, 0) is 25.2 Å². The van der Waals surface area contributed by atoms with Crippen LogP contribution >= 0.6 is 0 Å². The van der Waals surface area contributed by atoms with Crippen molar-refractivity contribution in [1.29, 1.82) is 0 Å². The summed E-state index contributed by atoms with van der Waals surface area (Å²) < 4.78 is 54.5. The van der Waals surface area contributed by atoms with Crippen LogP contribution in [-0.4, -0.2) is 59.1 Å². The lowest BCUT2D eigenvalue weighted by atomic mass is 9.88. The number of aliphatic hydroxyl groups excluding tert-OH is 2. The Morgan fingerprint density at radius 2 is 2.03 bits per heavy atom. The minimum absolute atomic E-state index is 0.00886. The van der Waals surface area contributed by atoms with Crippen molar-refractivity contribution in [3.8, 4) is 5.75 Å². The summed E-state index contributed by atoms with van der Waals surface area (Å²) >= 11 is 0. The van der Waals surface area contributed by atoms with Crippen LogP contribution in [0.2, 0.25) is 0 Å². The monoisotopic (exact) mass is 514 g/mol. The van der Waals surface area contributed by atoms with Crippen LogP contribution in [0.1, 0.15) is 51.5 Å². The average molecular weight is 515 g/mol. The lowest BCUT2D eigenvalue weighted by Gasteiger charge is -2.17. The van der Waals surface area contributed by atoms with Gasteiger partial charge in [0.05, 0.1) is 30.0 Å². The molecule has 200 valence electrons. The van der Waals surface area contributed by atoms with Gasteiger partial charge in [0.15, 0.2) is 0 Å². The van der Waals surface area contributed by atoms with Gasteiger partial charge in [0.1, 0.15) is 24.2 Å². The molecular weight excluding hydrogens is 481 g/mol. The zero-order chi connectivity index (χ0) is 26.5. The summed E-state index contributed by atoms with van der Waals surface area (Å²) in [5.74, 6) is -1.33. The first kappa shape index (κ1) is 28.1. The predicted octanol–water partition coefficient (Wildman–Crippen LogP) is 3.85. The number of ketones is 1. The first-order valence-electron chi connectivity index (χ1n) is 12.2. The number of halogens is 3. The highest BCUT2D eigenvalue weighted by atomic mass is 19.4. The Balaban J connectivity index is 1.46. The summed E-state index contributed by atoms with van der Waals surface area (Å²) in [5.41, 5.74) is -0.850. The van der Waals surface area contributed by atoms with Gasteiger partial charge in [-0.1, -0.05) is 18.2 Å². The second kappa shape index (κ2) is 12.2. The van der Waals surface area contributed by atoms with Crippen molar-refractivity contribution < 1.29 is 47.2 Å². The number of rotatable bonds is 12. The number of hydrogen-bond donors (Lipinski definition) is 2. The van der Waals surface area contributed by atoms with Crippen LogP contribution in [0, 0.1) is 11.8 Å². The molecule has 1 aliphatic heterocycles. The van der Waals surface area contributed by atoms with E-state index < -0.39 is 35.8 Å². The largest absolute Gasteiger partial charge is 0.491 e. The smallest absolute Gasteiger partial charge is 0.416 e. The molecular formula is C26H33F3O7. The molecule has 7 nitrogen and oxygen atoms in total. The van der Waals surface area contributed by atoms with Crippen molar-refractivity contribution >= 4 is 11.8 Å². The van der Waals surface area contributed by atoms with Crippen molar-refractivity contribution in [2.75, 3.05) is 6.61 Å². The van der Waals surface area contributed by atoms with E-state index in [4.69, 9.17) is 14.2 Å². The van der Waals surface area contributed by atoms with E-state index in [1.54, 1.807) is 19.9 Å². The number of aliphatic hydroxyl groups is 2. The fourth-order valence-corrected chi connectivity index (χ4v) is 4.44. The van der Waals surface area contributed by atoms with Crippen LogP contribution in [0.3, 0.4) is 0 Å². The lowest BCUT2D eigenvalue weighted by molar-refractivity contribution is -0.147. The Morgan fingerprint density at radius 3 is 2.72 bits per heavy atom. The number of epoxide rings is 1. The van der Waals surface area contributed by atoms with Crippen LogP contribution in [0.5, 0.6) is 5.75 Å². The molecule has 2 N–H and O–H groups in total. The van der Waals surface area contributed by atoms with Crippen LogP contribution in [0.25, 0.3) is 0 Å². The van der Waals surface area contributed by atoms with Crippen molar-refractivity contribution in [3.63, 3.8) is 0 Å². The molecule has 0 bridgehead atoms. The maximum Gasteiger partial charge on any atom is 0.416 e. The van der Waals surface area contributed by atoms with Crippen molar-refractivity contribution in [2.45, 2.75) is 82.6 Å². The van der Waals surface area contributed by atoms with E-state index in [0.717, 1.165) is 12.1 Å². The molecule has 2 fully saturated rings. The third-order valence-electron chi connectivity index (χ3n) is 6.28. The lowest BCUT2D eigenvalue weighted by Crippen LogP contribution is -2.22. The fourth-order valence-electron chi connectivity index (χ4n) is 4.44. The van der Waals surface area contributed by atoms with Gasteiger partial charge in [-0.25, -0.2) is 0 Å². The van der Waals surface area contributed by atoms with Gasteiger partial charge in [0.25, 0.3) is 0 Å². The summed E-state index contributed by atoms with van der Waals surface area (Å²) in [4.78, 5) is 24.1. The van der Waals surface area contributed by atoms with Gasteiger partial charge in [-0.2, -0.15) is 13.2 Å². The maximum absolute atomic E-state index is 12.8. The zero-order valence-electron chi connectivity index (χ0n) is 20.3. The Bertz CT molecular complexity index is 930. The van der Waals surface area contributed by atoms with Gasteiger partial charge in [-0.05, 0) is 51.3 Å². The van der Waals surface area contributed by atoms with Gasteiger partial charge in [-0.3, -0.25) is 9.59 Å². The van der Waals surface area contributed by atoms with Gasteiger partial charge >= 0.3 is 12.1 Å². The summed E-state index contributed by atoms with van der Waals surface area (Å²) in [5, 5.41) is 20.6. The Labute approximate surface area is 208 Å². The normalized spacial score (nSPS) is 27.0. The number of ether oxygens (including phenoxy) is 3. The molecule has 1 saturated carbocycles. The van der Waals surface area contributed by atoms with E-state index in [-0.39, 0.29) is 48.8 Å². The minimum Gasteiger partial charge on any atom is -0.491 e. The summed E-state index contributed by atoms with van der Waals surface area (Å²) in [7, 11) is 0. The van der Waals surface area contributed by atoms with E-state index in [1.807, 2.05) is 0 Å². The van der Waals surface area contributed by atoms with E-state index >= 15 is 0 Å². The van der Waals surface area contributed by atoms with Gasteiger partial charge < -0.3 is 24.4 Å². The molecule has 1 heterocycles. The van der Waals surface area contributed by atoms with Crippen LogP contribution in [0.4, 0.5) is 13.2 Å². The van der Waals surface area contributed by atoms with E-state index in [2.05, 4.69) is 0 Å². The second-order valence-corrected chi connectivity index (χ2v) is 9.59. The Kier molecular flexibility index (Phi) is 9.54. The molecule has 2 unspecified atom stereocenters. The fraction of sp³-hybridized carbons (Fsp3) is 0.615. The number of Topliss-reactive ketones (excluding diaryl/α,β-unsaturated/α-hetero) is 1. The number of hydrogen-bond acceptors (Lipinski definition) is 7. The molecule has 1 aromatic carbocycles. The molecule has 0 radical (unpaired) electrons. The molecule has 0 spiro atoms. The number of benzene rings is 1. The van der Waals surface area contributed by atoms with Crippen LogP contribution < -0.4 is 4.74 Å². The maximum atomic E-state index is 12.8. The van der Waals surface area contributed by atoms with Crippen molar-refractivity contribution in [3.05, 3.63) is 42.0 Å². The summed E-state index contributed by atoms with van der Waals surface area (Å²) in [6.45, 7) is 3.29. The topological polar surface area (TPSA) is 106 Å². The number of carbonyl (C=O) groups excluding carboxylic acids is 2. The highest BCUT2D eigenvalue weighted by Gasteiger charge is 2.47. The van der Waals surface area contributed by atoms with E-state index in [1.165, 1.54) is 18.2 Å². The molecule has 36 heavy (non-hydrogen) atoms. The second-order valence-electron chi connectivity index (χ2n) is 9.59. The van der Waals surface area contributed by atoms with E-state index in [0.29, 0.717) is 25.7 Å². The number of esters is 1. The highest BCUT2D eigenvalue weighted by Crippen LogP contribution is 2.40. The van der Waals surface area contributed by atoms with Gasteiger partial charge in [0.2, 0.25) is 0 Å². The molecule has 3 rings (SSSR count). The van der Waals surface area contributed by atoms with Gasteiger partial charge in [0, 0.05) is 24.7 Å². The highest BCUT2D eigenvalue weighted by molar-refractivity contribution is 5.84. The predicted molar refractivity (Wildman–Crippen MR) is 123 cm³/mol. The zero-order valence-corrected chi connectivity index (χ0v) is 20.3. The quantitative estimate of drug-likeness (QED) is 0.248. The first-order chi connectivity index (χ1) is 16.9. The van der Waals surface area contributed by atoms with Crippen LogP contribution in [0.15, 0.2) is 36.4 Å². The molecule has 0 amide bonds. The molecule has 1 aliphatic carbocycles. The average Bonchev–Trinajstić information content (AvgIpc) is 3.47. The molecule has 6 atom stereocenters. The van der Waals surface area contributed by atoms with Crippen molar-refractivity contribution in [1.82, 2.24) is 0 Å². The first-order valence-corrected chi connectivity index (χ1v) is 12.2. The van der Waals surface area contributed by atoms with E-state index in [9.17, 15) is 33.0 Å². The molecule has 10 heteroatoms. The van der Waals surface area contributed by atoms with Crippen molar-refractivity contribution in [2.24, 2.45) is 11.8 Å². The van der Waals surface area contributed by atoms with Gasteiger partial charge in [-0.15, -0.1) is 0 Å². The molecule has 0 aromatic heterocycles. The standard InChI is InChI=1S/C26H33F3O7/c1-15(2)35-25(33)8-4-7-23-24(36-23)12-20-19(21(31)13-22(20)32)10-9-17(30)14-34-18-6-3-5-16(11-18)26(27,28)29/h3,5-6,9-11,15,17,19-21,23-24,30-31H,4,7-8,12-14H2,1-2H3/b10-9+/t17-,19-,20-,21-,23?,24?/m1/s1. The minimum atomic E-state index is -4.50.